The Balaban J connectivity index is 0.000000199. The van der Waals surface area contributed by atoms with Crippen LogP contribution in [0.4, 0.5) is 15.9 Å². The van der Waals surface area contributed by atoms with Crippen molar-refractivity contribution in [2.24, 2.45) is 5.92 Å². The van der Waals surface area contributed by atoms with E-state index in [2.05, 4.69) is 75.4 Å². The number of rotatable bonds is 10. The van der Waals surface area contributed by atoms with E-state index in [9.17, 15) is 19.2 Å². The van der Waals surface area contributed by atoms with Crippen LogP contribution in [-0.2, 0) is 20.9 Å². The summed E-state index contributed by atoms with van der Waals surface area (Å²) in [7, 11) is 3.67. The van der Waals surface area contributed by atoms with Gasteiger partial charge in [0, 0.05) is 71.6 Å². The normalized spacial score (nSPS) is 19.3. The molecule has 3 aromatic carbocycles. The van der Waals surface area contributed by atoms with E-state index in [-0.39, 0.29) is 83.4 Å². The van der Waals surface area contributed by atoms with Crippen LogP contribution in [0.1, 0.15) is 81.1 Å². The van der Waals surface area contributed by atoms with Crippen molar-refractivity contribution in [1.29, 1.82) is 0 Å². The van der Waals surface area contributed by atoms with E-state index in [1.54, 1.807) is 30.5 Å². The second-order valence-corrected chi connectivity index (χ2v) is 17.6. The summed E-state index contributed by atoms with van der Waals surface area (Å²) in [5, 5.41) is 11.6. The third-order valence-corrected chi connectivity index (χ3v) is 13.1. The van der Waals surface area contributed by atoms with Gasteiger partial charge in [-0.05, 0) is 93.4 Å². The topological polar surface area (TPSA) is 162 Å². The Morgan fingerprint density at radius 3 is 2.28 bits per heavy atom. The predicted octanol–water partition coefficient (Wildman–Crippen LogP) is 4.78. The van der Waals surface area contributed by atoms with Crippen LogP contribution in [0, 0.1) is 25.6 Å². The van der Waals surface area contributed by atoms with Crippen molar-refractivity contribution in [1.82, 2.24) is 35.4 Å². The molecule has 0 radical (unpaired) electrons. The number of aromatic nitrogens is 3. The van der Waals surface area contributed by atoms with Crippen LogP contribution in [0.25, 0.3) is 32.9 Å². The third-order valence-electron chi connectivity index (χ3n) is 12.8. The zero-order valence-electron chi connectivity index (χ0n) is 39.2. The number of methoxy groups -OCH3 is 1. The number of benzene rings is 3. The average Bonchev–Trinajstić information content (AvgIpc) is 3.94. The molecule has 0 aliphatic carbocycles. The number of carbonyl (C=O) groups excluding carboxylic acids is 4. The van der Waals surface area contributed by atoms with Crippen LogP contribution in [0.2, 0.25) is 5.02 Å². The minimum absolute atomic E-state index is 0. The number of fused-ring (bicyclic) bond motifs is 3. The molecule has 6 heterocycles. The molecule has 5 aromatic rings. The maximum absolute atomic E-state index is 16.1. The molecule has 0 saturated carbocycles. The first-order valence-corrected chi connectivity index (χ1v) is 23.2. The van der Waals surface area contributed by atoms with Crippen molar-refractivity contribution >= 4 is 68.4 Å². The molecule has 67 heavy (non-hydrogen) atoms. The monoisotopic (exact) mass is 942 g/mol. The summed E-state index contributed by atoms with van der Waals surface area (Å²) in [5.74, 6) is -1.27. The fourth-order valence-corrected chi connectivity index (χ4v) is 9.21. The molecule has 3 fully saturated rings. The van der Waals surface area contributed by atoms with Crippen LogP contribution in [0.15, 0.2) is 60.8 Å². The Hall–Kier alpha value is -4.77. The number of anilines is 2. The van der Waals surface area contributed by atoms with Gasteiger partial charge in [0.05, 0.1) is 12.5 Å². The summed E-state index contributed by atoms with van der Waals surface area (Å²) in [6.45, 7) is 16.3. The van der Waals surface area contributed by atoms with E-state index in [0.717, 1.165) is 42.3 Å². The summed E-state index contributed by atoms with van der Waals surface area (Å²) in [4.78, 5) is 67.7. The van der Waals surface area contributed by atoms with Crippen LogP contribution >= 0.6 is 11.6 Å². The Kier molecular flexibility index (Phi) is 18.1. The minimum atomic E-state index is -0.646. The first kappa shape index (κ1) is 51.6. The molecular weight excluding hydrogens is 884 g/mol. The molecule has 9 rings (SSSR count). The van der Waals surface area contributed by atoms with E-state index in [0.29, 0.717) is 64.4 Å². The quantitative estimate of drug-likeness (QED) is 0.101. The number of pyridine rings is 1. The van der Waals surface area contributed by atoms with Gasteiger partial charge >= 0.3 is 35.6 Å². The number of nitrogens with one attached hydrogen (secondary N) is 3. The van der Waals surface area contributed by atoms with E-state index >= 15 is 4.39 Å². The number of piperidine rings is 1. The maximum Gasteiger partial charge on any atom is 1.00 e. The molecule has 14 nitrogen and oxygen atoms in total. The SMILES string of the molecule is CCC1CN(c2nc(OC)nc3c(F)c(-c4cccc5cccc(Cl)c45)ncc23)CC(CC)N1.CN1CCCC1.[CH2-]CC(C[CH2-])C(=O)Nc1ccc2c(c1)CN(C1CCC(=O)NC1=O)C2=O.[Na+]. The van der Waals surface area contributed by atoms with Crippen molar-refractivity contribution < 1.29 is 57.9 Å². The molecule has 2 aromatic heterocycles. The first-order chi connectivity index (χ1) is 31.9. The van der Waals surface area contributed by atoms with Crippen molar-refractivity contribution in [3.63, 3.8) is 0 Å². The second-order valence-electron chi connectivity index (χ2n) is 17.2. The van der Waals surface area contributed by atoms with E-state index in [4.69, 9.17) is 16.3 Å². The van der Waals surface area contributed by atoms with Crippen LogP contribution in [-0.4, -0.2) is 107 Å². The van der Waals surface area contributed by atoms with Crippen molar-refractivity contribution in [2.45, 2.75) is 89.9 Å². The fourth-order valence-electron chi connectivity index (χ4n) is 8.92. The zero-order valence-corrected chi connectivity index (χ0v) is 41.9. The van der Waals surface area contributed by atoms with Crippen molar-refractivity contribution in [2.75, 3.05) is 50.6 Å². The number of halogens is 2. The molecule has 4 aliphatic heterocycles. The summed E-state index contributed by atoms with van der Waals surface area (Å²) in [6, 6.07) is 16.5. The molecule has 0 spiro atoms. The van der Waals surface area contributed by atoms with Gasteiger partial charge in [-0.1, -0.05) is 55.8 Å². The van der Waals surface area contributed by atoms with Gasteiger partial charge in [-0.3, -0.25) is 29.5 Å². The molecule has 3 saturated heterocycles. The van der Waals surface area contributed by atoms with Gasteiger partial charge in [0.15, 0.2) is 5.82 Å². The molecular formula is C50H59ClFN9NaO5-. The molecule has 3 atom stereocenters. The van der Waals surface area contributed by atoms with E-state index in [1.807, 2.05) is 30.3 Å². The number of hydrogen-bond donors (Lipinski definition) is 3. The largest absolute Gasteiger partial charge is 1.00 e. The molecule has 0 bridgehead atoms. The van der Waals surface area contributed by atoms with Gasteiger partial charge in [-0.2, -0.15) is 22.8 Å². The van der Waals surface area contributed by atoms with Crippen LogP contribution in [0.5, 0.6) is 6.01 Å². The molecule has 17 heteroatoms. The summed E-state index contributed by atoms with van der Waals surface area (Å²) >= 11 is 6.50. The Bertz CT molecular complexity index is 2580. The number of ether oxygens (including phenoxy) is 1. The standard InChI is InChI=1S/C26H27ClFN5O.C19H21N3O4.C5H11N.Na/c1-4-16-13-33(14-17(5-2)30-16)25-19-12-29-23(22(28)24(19)31-26(32-25)34-3)18-10-6-8-15-9-7-11-20(27)21(15)18;1-3-11(4-2)17(24)20-13-5-6-14-12(9-13)10-22(19(14)26)15-7-8-16(23)21-18(15)25;1-6-4-2-3-5-6;/h6-12,16-17,30H,4-5,13-14H2,1-3H3;5-6,9,11,15H,1-4,7-8,10H2,(H,20,24)(H,21,23,25);2-5H2,1H3;/q;-2;;+1. The van der Waals surface area contributed by atoms with Crippen LogP contribution < -0.4 is 55.1 Å². The van der Waals surface area contributed by atoms with Gasteiger partial charge in [0.2, 0.25) is 17.7 Å². The number of imide groups is 1. The van der Waals surface area contributed by atoms with Crippen molar-refractivity contribution in [3.05, 3.63) is 96.6 Å². The number of hydrogen-bond acceptors (Lipinski definition) is 11. The Labute approximate surface area is 419 Å². The Morgan fingerprint density at radius 1 is 0.985 bits per heavy atom. The molecule has 4 aliphatic rings. The maximum atomic E-state index is 16.1. The zero-order chi connectivity index (χ0) is 47.1. The van der Waals surface area contributed by atoms with Crippen molar-refractivity contribution in [3.8, 4) is 17.3 Å². The number of likely N-dealkylation sites (tertiary alicyclic amines) is 1. The number of nitrogens with zero attached hydrogens (tertiary/aromatic N) is 6. The summed E-state index contributed by atoms with van der Waals surface area (Å²) in [5.41, 5.74) is 2.88. The summed E-state index contributed by atoms with van der Waals surface area (Å²) < 4.78 is 21.5. The Morgan fingerprint density at radius 2 is 1.67 bits per heavy atom. The fraction of sp³-hybridized carbons (Fsp3) is 0.420. The van der Waals surface area contributed by atoms with Gasteiger partial charge < -0.3 is 43.9 Å². The van der Waals surface area contributed by atoms with E-state index in [1.165, 1.54) is 37.9 Å². The van der Waals surface area contributed by atoms with Crippen LogP contribution in [0.3, 0.4) is 0 Å². The van der Waals surface area contributed by atoms with Gasteiger partial charge in [0.1, 0.15) is 23.1 Å². The minimum Gasteiger partial charge on any atom is -0.467 e. The van der Waals surface area contributed by atoms with Gasteiger partial charge in [-0.25, -0.2) is 4.39 Å². The number of amides is 4. The number of piperazine rings is 1. The predicted molar refractivity (Wildman–Crippen MR) is 257 cm³/mol. The molecule has 350 valence electrons. The summed E-state index contributed by atoms with van der Waals surface area (Å²) in [6.07, 6.45) is 7.94. The van der Waals surface area contributed by atoms with E-state index < -0.39 is 17.8 Å². The average molecular weight is 944 g/mol. The smallest absolute Gasteiger partial charge is 0.467 e. The molecule has 3 unspecified atom stereocenters. The second kappa shape index (κ2) is 23.5. The third kappa shape index (κ3) is 11.7. The number of carbonyl (C=O) groups is 4. The van der Waals surface area contributed by atoms with Gasteiger partial charge in [0.25, 0.3) is 5.91 Å². The molecule has 3 N–H and O–H groups in total. The molecule has 4 amide bonds. The first-order valence-electron chi connectivity index (χ1n) is 22.8. The van der Waals surface area contributed by atoms with Gasteiger partial charge in [-0.15, -0.1) is 0 Å².